The van der Waals surface area contributed by atoms with E-state index in [2.05, 4.69) is 115 Å². The molecule has 11 aromatic rings. The van der Waals surface area contributed by atoms with Gasteiger partial charge in [0.05, 0.1) is 5.56 Å². The molecule has 0 spiro atoms. The van der Waals surface area contributed by atoms with Crippen molar-refractivity contribution in [3.05, 3.63) is 188 Å². The van der Waals surface area contributed by atoms with Crippen molar-refractivity contribution in [1.29, 1.82) is 0 Å². The maximum absolute atomic E-state index is 6.71. The largest absolute Gasteiger partial charge is 0.456 e. The zero-order valence-corrected chi connectivity index (χ0v) is 30.1. The number of hydrogen-bond acceptors (Lipinski definition) is 5. The van der Waals surface area contributed by atoms with Crippen LogP contribution in [0.2, 0.25) is 0 Å². The van der Waals surface area contributed by atoms with E-state index in [0.29, 0.717) is 17.5 Å². The highest BCUT2D eigenvalue weighted by molar-refractivity contribution is 6.10. The van der Waals surface area contributed by atoms with E-state index in [0.717, 1.165) is 71.7 Å². The zero-order chi connectivity index (χ0) is 37.0. The van der Waals surface area contributed by atoms with Crippen molar-refractivity contribution in [3.63, 3.8) is 0 Å². The normalized spacial score (nSPS) is 11.6. The van der Waals surface area contributed by atoms with Crippen molar-refractivity contribution in [3.8, 4) is 67.5 Å². The number of nitrogens with zero attached hydrogens (tertiary/aromatic N) is 3. The van der Waals surface area contributed by atoms with Gasteiger partial charge in [0.1, 0.15) is 22.3 Å². The van der Waals surface area contributed by atoms with Gasteiger partial charge in [-0.1, -0.05) is 152 Å². The highest BCUT2D eigenvalue weighted by Crippen LogP contribution is 2.38. The summed E-state index contributed by atoms with van der Waals surface area (Å²) in [5.74, 6) is 1.68. The second-order valence-electron chi connectivity index (χ2n) is 14.0. The van der Waals surface area contributed by atoms with Crippen LogP contribution < -0.4 is 0 Å². The van der Waals surface area contributed by atoms with Crippen molar-refractivity contribution in [2.75, 3.05) is 0 Å². The fourth-order valence-electron chi connectivity index (χ4n) is 7.70. The molecule has 8 aromatic carbocycles. The van der Waals surface area contributed by atoms with Gasteiger partial charge in [-0.2, -0.15) is 0 Å². The molecule has 0 radical (unpaired) electrons. The minimum Gasteiger partial charge on any atom is -0.456 e. The van der Waals surface area contributed by atoms with Gasteiger partial charge in [-0.15, -0.1) is 0 Å². The van der Waals surface area contributed by atoms with Crippen molar-refractivity contribution < 1.29 is 8.83 Å². The highest BCUT2D eigenvalue weighted by atomic mass is 16.3. The molecule has 0 aliphatic carbocycles. The van der Waals surface area contributed by atoms with Gasteiger partial charge < -0.3 is 8.83 Å². The predicted octanol–water partition coefficient (Wildman–Crippen LogP) is 13.7. The zero-order valence-electron chi connectivity index (χ0n) is 30.1. The van der Waals surface area contributed by atoms with Crippen molar-refractivity contribution >= 4 is 43.9 Å². The maximum atomic E-state index is 6.71. The summed E-state index contributed by atoms with van der Waals surface area (Å²) < 4.78 is 12.9. The Morgan fingerprint density at radius 2 is 0.714 bits per heavy atom. The summed E-state index contributed by atoms with van der Waals surface area (Å²) >= 11 is 0. The third-order valence-corrected chi connectivity index (χ3v) is 10.6. The molecule has 0 N–H and O–H groups in total. The summed E-state index contributed by atoms with van der Waals surface area (Å²) in [6, 6.07) is 64.8. The van der Waals surface area contributed by atoms with E-state index in [-0.39, 0.29) is 0 Å². The standard InChI is InChI=1S/C51H31N3O2/c1-3-10-32(11-4-1)33-18-20-34(21-19-33)35-22-24-36(25-23-35)38-26-28-42-43-15-9-16-44(48(43)56-47(42)30-38)51-53-49(37-12-5-2-6-13-37)52-50(54-51)39-27-29-41-40-14-7-8-17-45(40)55-46(41)31-39/h1-31H. The van der Waals surface area contributed by atoms with Crippen LogP contribution in [0.5, 0.6) is 0 Å². The molecule has 11 rings (SSSR count). The van der Waals surface area contributed by atoms with Crippen LogP contribution >= 0.6 is 0 Å². The molecule has 0 aliphatic heterocycles. The summed E-state index contributed by atoms with van der Waals surface area (Å²) in [5, 5.41) is 4.18. The Hall–Kier alpha value is -7.63. The van der Waals surface area contributed by atoms with E-state index in [1.807, 2.05) is 72.8 Å². The van der Waals surface area contributed by atoms with Crippen LogP contribution in [-0.4, -0.2) is 15.0 Å². The van der Waals surface area contributed by atoms with Crippen molar-refractivity contribution in [2.45, 2.75) is 0 Å². The molecular formula is C51H31N3O2. The van der Waals surface area contributed by atoms with Crippen LogP contribution in [0.1, 0.15) is 0 Å². The Balaban J connectivity index is 0.968. The van der Waals surface area contributed by atoms with Gasteiger partial charge in [0, 0.05) is 32.7 Å². The predicted molar refractivity (Wildman–Crippen MR) is 227 cm³/mol. The van der Waals surface area contributed by atoms with Gasteiger partial charge in [-0.3, -0.25) is 0 Å². The van der Waals surface area contributed by atoms with Crippen LogP contribution in [0.3, 0.4) is 0 Å². The summed E-state index contributed by atoms with van der Waals surface area (Å²) in [7, 11) is 0. The third kappa shape index (κ3) is 5.53. The average Bonchev–Trinajstić information content (AvgIpc) is 3.85. The number of fused-ring (bicyclic) bond motifs is 6. The maximum Gasteiger partial charge on any atom is 0.167 e. The topological polar surface area (TPSA) is 65.0 Å². The van der Waals surface area contributed by atoms with Crippen molar-refractivity contribution in [1.82, 2.24) is 15.0 Å². The fraction of sp³-hybridized carbons (Fsp3) is 0. The smallest absolute Gasteiger partial charge is 0.167 e. The van der Waals surface area contributed by atoms with Crippen LogP contribution in [0.4, 0.5) is 0 Å². The number of furan rings is 2. The van der Waals surface area contributed by atoms with Crippen LogP contribution in [0.15, 0.2) is 197 Å². The average molecular weight is 718 g/mol. The lowest BCUT2D eigenvalue weighted by atomic mass is 9.97. The highest BCUT2D eigenvalue weighted by Gasteiger charge is 2.19. The molecule has 5 heteroatoms. The molecule has 0 fully saturated rings. The van der Waals surface area contributed by atoms with E-state index < -0.39 is 0 Å². The number of benzene rings is 8. The first kappa shape index (κ1) is 31.9. The Bertz CT molecular complexity index is 3220. The van der Waals surface area contributed by atoms with E-state index >= 15 is 0 Å². The SMILES string of the molecule is c1ccc(-c2ccc(-c3ccc(-c4ccc5c(c4)oc4c(-c6nc(-c7ccccc7)nc(-c7ccc8c(c7)oc7ccccc78)n6)cccc45)cc3)cc2)cc1. The Morgan fingerprint density at radius 1 is 0.268 bits per heavy atom. The molecule has 0 saturated carbocycles. The summed E-state index contributed by atoms with van der Waals surface area (Å²) in [6.45, 7) is 0. The van der Waals surface area contributed by atoms with Crippen LogP contribution in [0, 0.1) is 0 Å². The molecule has 0 atom stereocenters. The molecule has 0 aliphatic rings. The van der Waals surface area contributed by atoms with Gasteiger partial charge in [-0.25, -0.2) is 15.0 Å². The lowest BCUT2D eigenvalue weighted by Gasteiger charge is -2.08. The summed E-state index contributed by atoms with van der Waals surface area (Å²) in [5.41, 5.74) is 12.7. The molecule has 5 nitrogen and oxygen atoms in total. The quantitative estimate of drug-likeness (QED) is 0.171. The number of para-hydroxylation sites is 2. The Labute approximate surface area is 322 Å². The molecule has 262 valence electrons. The van der Waals surface area contributed by atoms with Gasteiger partial charge in [0.2, 0.25) is 0 Å². The van der Waals surface area contributed by atoms with Gasteiger partial charge >= 0.3 is 0 Å². The first-order valence-corrected chi connectivity index (χ1v) is 18.7. The minimum absolute atomic E-state index is 0.538. The molecule has 0 unspecified atom stereocenters. The summed E-state index contributed by atoms with van der Waals surface area (Å²) in [6.07, 6.45) is 0. The lowest BCUT2D eigenvalue weighted by Crippen LogP contribution is -2.00. The van der Waals surface area contributed by atoms with E-state index in [1.54, 1.807) is 0 Å². The first-order chi connectivity index (χ1) is 27.7. The van der Waals surface area contributed by atoms with Gasteiger partial charge in [-0.05, 0) is 69.8 Å². The van der Waals surface area contributed by atoms with Crippen LogP contribution in [0.25, 0.3) is 111 Å². The molecule has 56 heavy (non-hydrogen) atoms. The lowest BCUT2D eigenvalue weighted by molar-refractivity contribution is 0.668. The minimum atomic E-state index is 0.538. The fourth-order valence-corrected chi connectivity index (χ4v) is 7.70. The summed E-state index contributed by atoms with van der Waals surface area (Å²) in [4.78, 5) is 15.1. The molecule has 3 aromatic heterocycles. The molecular weight excluding hydrogens is 687 g/mol. The van der Waals surface area contributed by atoms with Crippen LogP contribution in [-0.2, 0) is 0 Å². The number of hydrogen-bond donors (Lipinski definition) is 0. The van der Waals surface area contributed by atoms with E-state index in [1.165, 1.54) is 22.3 Å². The Morgan fingerprint density at radius 3 is 1.41 bits per heavy atom. The second kappa shape index (κ2) is 13.0. The van der Waals surface area contributed by atoms with Gasteiger partial charge in [0.15, 0.2) is 17.5 Å². The van der Waals surface area contributed by atoms with E-state index in [9.17, 15) is 0 Å². The van der Waals surface area contributed by atoms with Crippen molar-refractivity contribution in [2.24, 2.45) is 0 Å². The molecule has 0 bridgehead atoms. The first-order valence-electron chi connectivity index (χ1n) is 18.7. The Kier molecular flexibility index (Phi) is 7.42. The molecule has 0 saturated heterocycles. The third-order valence-electron chi connectivity index (χ3n) is 10.6. The second-order valence-corrected chi connectivity index (χ2v) is 14.0. The molecule has 0 amide bonds. The van der Waals surface area contributed by atoms with Gasteiger partial charge in [0.25, 0.3) is 0 Å². The monoisotopic (exact) mass is 717 g/mol. The molecule has 3 heterocycles. The van der Waals surface area contributed by atoms with E-state index in [4.69, 9.17) is 23.8 Å². The number of rotatable bonds is 6. The number of aromatic nitrogens is 3.